The quantitative estimate of drug-likeness (QED) is 0.437. The largest absolute Gasteiger partial charge is 0.361 e. The van der Waals surface area contributed by atoms with Gasteiger partial charge in [-0.15, -0.1) is 0 Å². The van der Waals surface area contributed by atoms with Crippen molar-refractivity contribution in [1.82, 2.24) is 15.3 Å². The molecule has 2 aromatic rings. The molecule has 0 radical (unpaired) electrons. The van der Waals surface area contributed by atoms with Crippen LogP contribution in [-0.4, -0.2) is 47.8 Å². The molecule has 2 saturated heterocycles. The molecule has 36 heavy (non-hydrogen) atoms. The number of hydrogen-bond donors (Lipinski definition) is 2. The van der Waals surface area contributed by atoms with Crippen molar-refractivity contribution in [2.75, 3.05) is 47.8 Å². The molecule has 0 bridgehead atoms. The van der Waals surface area contributed by atoms with Crippen molar-refractivity contribution < 1.29 is 0 Å². The SMILES string of the molecule is CC1CCCN(c2cc(N3CCCC3)nc(NC(=S)NCC3(c4cccc(Cl)c4)CCCCC3)n2)C1. The normalized spacial score (nSPS) is 21.9. The van der Waals surface area contributed by atoms with Crippen molar-refractivity contribution in [3.05, 3.63) is 40.9 Å². The van der Waals surface area contributed by atoms with E-state index in [1.165, 1.54) is 50.5 Å². The van der Waals surface area contributed by atoms with Gasteiger partial charge in [-0.25, -0.2) is 0 Å². The predicted molar refractivity (Wildman–Crippen MR) is 155 cm³/mol. The van der Waals surface area contributed by atoms with Crippen molar-refractivity contribution in [2.45, 2.75) is 70.1 Å². The summed E-state index contributed by atoms with van der Waals surface area (Å²) in [6.45, 7) is 7.30. The number of nitrogens with zero attached hydrogens (tertiary/aromatic N) is 4. The maximum atomic E-state index is 6.37. The van der Waals surface area contributed by atoms with Crippen LogP contribution in [0.4, 0.5) is 17.6 Å². The molecule has 1 aliphatic carbocycles. The maximum absolute atomic E-state index is 6.37. The molecule has 0 spiro atoms. The Morgan fingerprint density at radius 1 is 1.00 bits per heavy atom. The van der Waals surface area contributed by atoms with Gasteiger partial charge in [0.2, 0.25) is 5.95 Å². The molecular weight excluding hydrogens is 488 g/mol. The average Bonchev–Trinajstić information content (AvgIpc) is 3.43. The highest BCUT2D eigenvalue weighted by Gasteiger charge is 2.34. The Bertz CT molecular complexity index is 1050. The van der Waals surface area contributed by atoms with E-state index in [4.69, 9.17) is 33.8 Å². The lowest BCUT2D eigenvalue weighted by Crippen LogP contribution is -2.43. The molecule has 1 aromatic heterocycles. The van der Waals surface area contributed by atoms with Gasteiger partial charge in [-0.2, -0.15) is 9.97 Å². The van der Waals surface area contributed by atoms with Gasteiger partial charge in [0, 0.05) is 49.2 Å². The molecule has 2 aliphatic heterocycles. The third kappa shape index (κ3) is 6.05. The minimum atomic E-state index is 0.0439. The lowest BCUT2D eigenvalue weighted by atomic mass is 9.69. The molecule has 1 aromatic carbocycles. The van der Waals surface area contributed by atoms with Gasteiger partial charge in [-0.05, 0) is 74.4 Å². The summed E-state index contributed by atoms with van der Waals surface area (Å²) in [5.74, 6) is 3.28. The molecule has 5 rings (SSSR count). The zero-order valence-corrected chi connectivity index (χ0v) is 23.0. The topological polar surface area (TPSA) is 56.3 Å². The number of halogens is 1. The van der Waals surface area contributed by atoms with Crippen LogP contribution in [-0.2, 0) is 5.41 Å². The van der Waals surface area contributed by atoms with E-state index in [1.807, 2.05) is 6.07 Å². The average molecular weight is 527 g/mol. The monoisotopic (exact) mass is 526 g/mol. The molecule has 3 aliphatic rings. The molecule has 1 saturated carbocycles. The summed E-state index contributed by atoms with van der Waals surface area (Å²) in [6.07, 6.45) is 11.0. The van der Waals surface area contributed by atoms with Crippen molar-refractivity contribution in [1.29, 1.82) is 0 Å². The molecular formula is C28H39ClN6S. The maximum Gasteiger partial charge on any atom is 0.232 e. The Kier molecular flexibility index (Phi) is 8.16. The molecule has 6 nitrogen and oxygen atoms in total. The highest BCUT2D eigenvalue weighted by Crippen LogP contribution is 2.39. The van der Waals surface area contributed by atoms with Crippen LogP contribution in [0.1, 0.15) is 70.3 Å². The first-order valence-corrected chi connectivity index (χ1v) is 14.5. The number of rotatable bonds is 6. The van der Waals surface area contributed by atoms with E-state index in [-0.39, 0.29) is 5.41 Å². The zero-order chi connectivity index (χ0) is 25.0. The van der Waals surface area contributed by atoms with Crippen LogP contribution in [0.5, 0.6) is 0 Å². The fourth-order valence-corrected chi connectivity index (χ4v) is 6.51. The fraction of sp³-hybridized carbons (Fsp3) is 0.607. The third-order valence-corrected chi connectivity index (χ3v) is 8.65. The summed E-state index contributed by atoms with van der Waals surface area (Å²) in [7, 11) is 0. The van der Waals surface area contributed by atoms with Crippen molar-refractivity contribution in [2.24, 2.45) is 5.92 Å². The summed E-state index contributed by atoms with van der Waals surface area (Å²) in [6, 6.07) is 10.5. The lowest BCUT2D eigenvalue weighted by molar-refractivity contribution is 0.292. The highest BCUT2D eigenvalue weighted by atomic mass is 35.5. The minimum absolute atomic E-state index is 0.0439. The summed E-state index contributed by atoms with van der Waals surface area (Å²) < 4.78 is 0. The summed E-state index contributed by atoms with van der Waals surface area (Å²) in [5, 5.41) is 8.24. The Morgan fingerprint density at radius 2 is 1.72 bits per heavy atom. The van der Waals surface area contributed by atoms with Crippen molar-refractivity contribution >= 4 is 46.5 Å². The summed E-state index contributed by atoms with van der Waals surface area (Å²) >= 11 is 12.1. The molecule has 1 unspecified atom stereocenters. The number of hydrogen-bond acceptors (Lipinski definition) is 5. The van der Waals surface area contributed by atoms with Gasteiger partial charge >= 0.3 is 0 Å². The highest BCUT2D eigenvalue weighted by molar-refractivity contribution is 7.80. The summed E-state index contributed by atoms with van der Waals surface area (Å²) in [4.78, 5) is 14.6. The van der Waals surface area contributed by atoms with Gasteiger partial charge in [0.1, 0.15) is 11.6 Å². The smallest absolute Gasteiger partial charge is 0.232 e. The number of nitrogens with one attached hydrogen (secondary N) is 2. The number of benzene rings is 1. The molecule has 194 valence electrons. The Balaban J connectivity index is 1.32. The number of piperidine rings is 1. The van der Waals surface area contributed by atoms with Crippen LogP contribution in [0, 0.1) is 5.92 Å². The second kappa shape index (κ2) is 11.5. The van der Waals surface area contributed by atoms with E-state index < -0.39 is 0 Å². The summed E-state index contributed by atoms with van der Waals surface area (Å²) in [5.41, 5.74) is 1.35. The fourth-order valence-electron chi connectivity index (χ4n) is 6.16. The van der Waals surface area contributed by atoms with E-state index >= 15 is 0 Å². The van der Waals surface area contributed by atoms with Crippen LogP contribution >= 0.6 is 23.8 Å². The lowest BCUT2D eigenvalue weighted by Gasteiger charge is -2.38. The van der Waals surface area contributed by atoms with Gasteiger partial charge in [0.15, 0.2) is 5.11 Å². The van der Waals surface area contributed by atoms with E-state index in [1.54, 1.807) is 0 Å². The van der Waals surface area contributed by atoms with Gasteiger partial charge in [0.05, 0.1) is 0 Å². The van der Waals surface area contributed by atoms with E-state index in [0.29, 0.717) is 17.0 Å². The first-order valence-electron chi connectivity index (χ1n) is 13.7. The Labute approximate surface area is 226 Å². The van der Waals surface area contributed by atoms with E-state index in [0.717, 1.165) is 62.2 Å². The molecule has 3 heterocycles. The van der Waals surface area contributed by atoms with Crippen LogP contribution in [0.25, 0.3) is 0 Å². The van der Waals surface area contributed by atoms with Crippen LogP contribution < -0.4 is 20.4 Å². The number of anilines is 3. The van der Waals surface area contributed by atoms with E-state index in [2.05, 4.69) is 51.6 Å². The first-order chi connectivity index (χ1) is 17.5. The zero-order valence-electron chi connectivity index (χ0n) is 21.4. The van der Waals surface area contributed by atoms with Crippen LogP contribution in [0.2, 0.25) is 5.02 Å². The first kappa shape index (κ1) is 25.5. The van der Waals surface area contributed by atoms with Gasteiger partial charge in [0.25, 0.3) is 0 Å². The standard InChI is InChI=1S/C28H39ClN6S/c1-21-9-8-16-35(19-21)25-18-24(34-14-5-6-15-34)31-26(32-25)33-27(36)30-20-28(12-3-2-4-13-28)22-10-7-11-23(29)17-22/h7,10-11,17-18,21H,2-6,8-9,12-16,19-20H2,1H3,(H2,30,31,32,33,36). The van der Waals surface area contributed by atoms with Gasteiger partial charge in [-0.1, -0.05) is 49.9 Å². The number of thiocarbonyl (C=S) groups is 1. The molecule has 1 atom stereocenters. The minimum Gasteiger partial charge on any atom is -0.361 e. The number of aromatic nitrogens is 2. The van der Waals surface area contributed by atoms with Gasteiger partial charge in [-0.3, -0.25) is 0 Å². The second-order valence-corrected chi connectivity index (χ2v) is 11.8. The predicted octanol–water partition coefficient (Wildman–Crippen LogP) is 6.16. The molecule has 2 N–H and O–H groups in total. The van der Waals surface area contributed by atoms with Crippen molar-refractivity contribution in [3.8, 4) is 0 Å². The molecule has 8 heteroatoms. The molecule has 3 fully saturated rings. The van der Waals surface area contributed by atoms with Crippen molar-refractivity contribution in [3.63, 3.8) is 0 Å². The Morgan fingerprint density at radius 3 is 2.44 bits per heavy atom. The van der Waals surface area contributed by atoms with Crippen LogP contribution in [0.3, 0.4) is 0 Å². The van der Waals surface area contributed by atoms with Crippen LogP contribution in [0.15, 0.2) is 30.3 Å². The third-order valence-electron chi connectivity index (χ3n) is 8.17. The molecule has 0 amide bonds. The Hall–Kier alpha value is -2.12. The van der Waals surface area contributed by atoms with E-state index in [9.17, 15) is 0 Å². The second-order valence-electron chi connectivity index (χ2n) is 11.0. The van der Waals surface area contributed by atoms with Gasteiger partial charge < -0.3 is 20.4 Å².